The maximum absolute atomic E-state index is 3.95. The largest absolute Gasteiger partial charge is 1.00 e. The van der Waals surface area contributed by atoms with Gasteiger partial charge in [-0.2, -0.15) is 0 Å². The molecule has 1 nitrogen and oxygen atoms in total. The van der Waals surface area contributed by atoms with E-state index in [9.17, 15) is 0 Å². The lowest BCUT2D eigenvalue weighted by molar-refractivity contribution is -0.903. The van der Waals surface area contributed by atoms with Crippen LogP contribution in [-0.4, -0.2) is 25.1 Å². The van der Waals surface area contributed by atoms with Gasteiger partial charge in [-0.15, -0.1) is 0 Å². The molecule has 0 aliphatic heterocycles. The van der Waals surface area contributed by atoms with Crippen molar-refractivity contribution in [3.8, 4) is 0 Å². The highest BCUT2D eigenvalue weighted by atomic mass is 35.5. The van der Waals surface area contributed by atoms with Crippen LogP contribution in [0.5, 0.6) is 0 Å². The van der Waals surface area contributed by atoms with E-state index in [1.54, 1.807) is 0 Å². The molecule has 1 aromatic rings. The molecule has 156 valence electrons. The molecule has 0 radical (unpaired) electrons. The topological polar surface area (TPSA) is 0 Å². The molecular formula is C25H44ClN. The van der Waals surface area contributed by atoms with Crippen LogP contribution in [0.3, 0.4) is 0 Å². The fraction of sp³-hybridized carbons (Fsp3) is 0.680. The normalized spacial score (nSPS) is 11.2. The molecule has 0 saturated heterocycles. The van der Waals surface area contributed by atoms with E-state index in [-0.39, 0.29) is 12.4 Å². The van der Waals surface area contributed by atoms with Gasteiger partial charge >= 0.3 is 0 Å². The summed E-state index contributed by atoms with van der Waals surface area (Å²) in [6.45, 7) is 8.61. The van der Waals surface area contributed by atoms with Gasteiger partial charge < -0.3 is 16.9 Å². The number of unbranched alkanes of at least 4 members (excludes halogenated alkanes) is 11. The fourth-order valence-corrected chi connectivity index (χ4v) is 3.80. The molecule has 0 atom stereocenters. The monoisotopic (exact) mass is 393 g/mol. The maximum atomic E-state index is 3.95. The first-order valence-corrected chi connectivity index (χ1v) is 11.1. The second-order valence-corrected chi connectivity index (χ2v) is 8.61. The fourth-order valence-electron chi connectivity index (χ4n) is 3.80. The zero-order valence-electron chi connectivity index (χ0n) is 18.3. The number of halogens is 1. The minimum Gasteiger partial charge on any atom is -1.00 e. The number of hydrogen-bond acceptors (Lipinski definition) is 0. The summed E-state index contributed by atoms with van der Waals surface area (Å²) in [5.74, 6) is 0. The Labute approximate surface area is 176 Å². The van der Waals surface area contributed by atoms with Gasteiger partial charge in [0.1, 0.15) is 6.54 Å². The summed E-state index contributed by atoms with van der Waals surface area (Å²) in [5, 5.41) is 0. The molecule has 0 fully saturated rings. The van der Waals surface area contributed by atoms with Gasteiger partial charge in [0.15, 0.2) is 0 Å². The van der Waals surface area contributed by atoms with Crippen molar-refractivity contribution in [1.29, 1.82) is 0 Å². The average molecular weight is 394 g/mol. The predicted octanol–water partition coefficient (Wildman–Crippen LogP) is 4.61. The lowest BCUT2D eigenvalue weighted by atomic mass is 10.0. The Kier molecular flexibility index (Phi) is 15.7. The highest BCUT2D eigenvalue weighted by molar-refractivity contribution is 5.51. The summed E-state index contributed by atoms with van der Waals surface area (Å²) in [7, 11) is 4.72. The Morgan fingerprint density at radius 3 is 1.78 bits per heavy atom. The molecule has 1 aromatic carbocycles. The average Bonchev–Trinajstić information content (AvgIpc) is 2.62. The van der Waals surface area contributed by atoms with Crippen LogP contribution >= 0.6 is 0 Å². The molecule has 1 rings (SSSR count). The molecule has 27 heavy (non-hydrogen) atoms. The van der Waals surface area contributed by atoms with E-state index in [4.69, 9.17) is 0 Å². The van der Waals surface area contributed by atoms with Crippen LogP contribution in [0.1, 0.15) is 95.1 Å². The van der Waals surface area contributed by atoms with Crippen molar-refractivity contribution in [1.82, 2.24) is 0 Å². The lowest BCUT2D eigenvalue weighted by Gasteiger charge is -2.30. The molecule has 0 aliphatic rings. The first-order valence-electron chi connectivity index (χ1n) is 11.1. The van der Waals surface area contributed by atoms with Gasteiger partial charge in [0, 0.05) is 5.56 Å². The smallest absolute Gasteiger partial charge is 0.105 e. The Balaban J connectivity index is 0.00000676. The van der Waals surface area contributed by atoms with Gasteiger partial charge in [0.05, 0.1) is 20.6 Å². The van der Waals surface area contributed by atoms with Gasteiger partial charge in [-0.3, -0.25) is 0 Å². The zero-order valence-corrected chi connectivity index (χ0v) is 19.1. The van der Waals surface area contributed by atoms with Crippen LogP contribution in [0.4, 0.5) is 0 Å². The van der Waals surface area contributed by atoms with Crippen molar-refractivity contribution in [3.63, 3.8) is 0 Å². The Morgan fingerprint density at radius 2 is 1.26 bits per heavy atom. The van der Waals surface area contributed by atoms with Crippen molar-refractivity contribution in [2.75, 3.05) is 20.6 Å². The van der Waals surface area contributed by atoms with E-state index in [1.807, 2.05) is 6.08 Å². The molecule has 0 spiro atoms. The number of benzene rings is 1. The van der Waals surface area contributed by atoms with Gasteiger partial charge in [0.25, 0.3) is 0 Å². The second kappa shape index (κ2) is 16.2. The van der Waals surface area contributed by atoms with E-state index >= 15 is 0 Å². The quantitative estimate of drug-likeness (QED) is 0.284. The van der Waals surface area contributed by atoms with Crippen molar-refractivity contribution in [2.45, 2.75) is 90.5 Å². The second-order valence-electron chi connectivity index (χ2n) is 8.61. The molecule has 0 bridgehead atoms. The number of nitrogens with zero attached hydrogens (tertiary/aromatic N) is 1. The van der Waals surface area contributed by atoms with Gasteiger partial charge in [-0.1, -0.05) is 108 Å². The molecule has 0 unspecified atom stereocenters. The highest BCUT2D eigenvalue weighted by Gasteiger charge is 2.16. The van der Waals surface area contributed by atoms with Gasteiger partial charge in [0.2, 0.25) is 0 Å². The van der Waals surface area contributed by atoms with Crippen LogP contribution in [0.25, 0.3) is 6.08 Å². The SMILES string of the molecule is C=Cc1ccccc1C[N+](C)(C)CCCCCCCCCCCCCC.[Cl-]. The molecule has 0 aromatic heterocycles. The molecular weight excluding hydrogens is 350 g/mol. The predicted molar refractivity (Wildman–Crippen MR) is 118 cm³/mol. The maximum Gasteiger partial charge on any atom is 0.105 e. The third-order valence-electron chi connectivity index (χ3n) is 5.49. The first kappa shape index (κ1) is 26.2. The summed E-state index contributed by atoms with van der Waals surface area (Å²) < 4.78 is 1.07. The van der Waals surface area contributed by atoms with Gasteiger partial charge in [-0.05, 0) is 18.4 Å². The number of hydrogen-bond donors (Lipinski definition) is 0. The lowest BCUT2D eigenvalue weighted by Crippen LogP contribution is -3.00. The minimum absolute atomic E-state index is 0. The molecule has 0 heterocycles. The number of quaternary nitrogens is 1. The van der Waals surface area contributed by atoms with Crippen molar-refractivity contribution in [3.05, 3.63) is 42.0 Å². The summed E-state index contributed by atoms with van der Waals surface area (Å²) in [4.78, 5) is 0. The molecule has 0 amide bonds. The van der Waals surface area contributed by atoms with E-state index < -0.39 is 0 Å². The summed E-state index contributed by atoms with van der Waals surface area (Å²) >= 11 is 0. The standard InChI is InChI=1S/C25H44N.ClH/c1-5-7-8-9-10-11-12-13-14-15-16-19-22-26(3,4)23-25-21-18-17-20-24(25)6-2;/h6,17-18,20-21H,2,5,7-16,19,22-23H2,1,3-4H3;1H/q+1;/p-1. The third-order valence-corrected chi connectivity index (χ3v) is 5.49. The molecule has 0 saturated carbocycles. The molecule has 2 heteroatoms. The van der Waals surface area contributed by atoms with Crippen molar-refractivity contribution < 1.29 is 16.9 Å². The van der Waals surface area contributed by atoms with Crippen LogP contribution in [0, 0.1) is 0 Å². The van der Waals surface area contributed by atoms with E-state index in [0.717, 1.165) is 11.0 Å². The third kappa shape index (κ3) is 13.1. The van der Waals surface area contributed by atoms with E-state index in [0.29, 0.717) is 0 Å². The summed E-state index contributed by atoms with van der Waals surface area (Å²) in [6, 6.07) is 8.67. The number of rotatable bonds is 16. The van der Waals surface area contributed by atoms with Crippen LogP contribution in [0.2, 0.25) is 0 Å². The Hall–Kier alpha value is -0.790. The van der Waals surface area contributed by atoms with Gasteiger partial charge in [-0.25, -0.2) is 0 Å². The minimum atomic E-state index is 0. The van der Waals surface area contributed by atoms with Crippen LogP contribution in [-0.2, 0) is 6.54 Å². The zero-order chi connectivity index (χ0) is 19.1. The van der Waals surface area contributed by atoms with Crippen molar-refractivity contribution >= 4 is 6.08 Å². The highest BCUT2D eigenvalue weighted by Crippen LogP contribution is 2.17. The summed E-state index contributed by atoms with van der Waals surface area (Å²) in [5.41, 5.74) is 2.71. The Morgan fingerprint density at radius 1 is 0.778 bits per heavy atom. The summed E-state index contributed by atoms with van der Waals surface area (Å²) in [6.07, 6.45) is 19.1. The van der Waals surface area contributed by atoms with E-state index in [1.165, 1.54) is 94.7 Å². The molecule has 0 aliphatic carbocycles. The van der Waals surface area contributed by atoms with E-state index in [2.05, 4.69) is 51.9 Å². The Bertz CT molecular complexity index is 481. The van der Waals surface area contributed by atoms with Crippen LogP contribution in [0.15, 0.2) is 30.8 Å². The first-order chi connectivity index (χ1) is 12.6. The van der Waals surface area contributed by atoms with Crippen molar-refractivity contribution in [2.24, 2.45) is 0 Å². The molecule has 0 N–H and O–H groups in total. The van der Waals surface area contributed by atoms with Crippen LogP contribution < -0.4 is 12.4 Å².